The van der Waals surface area contributed by atoms with E-state index in [1.165, 1.54) is 27.1 Å². The van der Waals surface area contributed by atoms with Crippen LogP contribution in [0, 0.1) is 27.7 Å². The van der Waals surface area contributed by atoms with E-state index in [0.717, 1.165) is 18.1 Å². The molecule has 2 rings (SSSR count). The van der Waals surface area contributed by atoms with Gasteiger partial charge in [0.05, 0.1) is 0 Å². The highest BCUT2D eigenvalue weighted by Crippen LogP contribution is 2.16. The third-order valence-corrected chi connectivity index (χ3v) is 4.00. The third kappa shape index (κ3) is 3.18. The molecule has 1 aromatic carbocycles. The molecule has 0 radical (unpaired) electrons. The van der Waals surface area contributed by atoms with Crippen molar-refractivity contribution in [3.8, 4) is 0 Å². The van der Waals surface area contributed by atoms with E-state index in [-0.39, 0.29) is 0 Å². The maximum Gasteiger partial charge on any atom is 0.107 e. The Labute approximate surface area is 113 Å². The monoisotopic (exact) mass is 260 g/mol. The molecule has 0 atom stereocenters. The summed E-state index contributed by atoms with van der Waals surface area (Å²) < 4.78 is 0. The van der Waals surface area contributed by atoms with Crippen LogP contribution in [-0.2, 0) is 13.1 Å². The largest absolute Gasteiger partial charge is 0.306 e. The minimum absolute atomic E-state index is 0.852. The fraction of sp³-hybridized carbons (Fsp3) is 0.400. The highest BCUT2D eigenvalue weighted by atomic mass is 32.1. The first kappa shape index (κ1) is 13.2. The Morgan fingerprint density at radius 3 is 2.28 bits per heavy atom. The van der Waals surface area contributed by atoms with Crippen molar-refractivity contribution >= 4 is 11.3 Å². The maximum absolute atomic E-state index is 4.36. The van der Waals surface area contributed by atoms with Gasteiger partial charge in [-0.2, -0.15) is 0 Å². The van der Waals surface area contributed by atoms with E-state index < -0.39 is 0 Å². The van der Waals surface area contributed by atoms with E-state index in [9.17, 15) is 0 Å². The summed E-state index contributed by atoms with van der Waals surface area (Å²) in [4.78, 5) is 5.63. The van der Waals surface area contributed by atoms with Crippen LogP contribution in [0.25, 0.3) is 0 Å². The molecule has 1 heterocycles. The Bertz CT molecular complexity index is 520. The lowest BCUT2D eigenvalue weighted by atomic mass is 10.00. The van der Waals surface area contributed by atoms with Crippen LogP contribution in [0.4, 0.5) is 0 Å². The molecule has 0 aliphatic rings. The van der Waals surface area contributed by atoms with Crippen molar-refractivity contribution in [3.05, 3.63) is 50.5 Å². The molecule has 1 N–H and O–H groups in total. The lowest BCUT2D eigenvalue weighted by Gasteiger charge is -2.11. The highest BCUT2D eigenvalue weighted by Gasteiger charge is 2.04. The quantitative estimate of drug-likeness (QED) is 0.907. The van der Waals surface area contributed by atoms with Gasteiger partial charge in [-0.3, -0.25) is 0 Å². The van der Waals surface area contributed by atoms with Gasteiger partial charge in [-0.15, -0.1) is 11.3 Å². The van der Waals surface area contributed by atoms with E-state index in [1.807, 2.05) is 6.20 Å². The molecule has 0 amide bonds. The van der Waals surface area contributed by atoms with Crippen molar-refractivity contribution in [2.24, 2.45) is 0 Å². The summed E-state index contributed by atoms with van der Waals surface area (Å²) in [5, 5.41) is 4.64. The van der Waals surface area contributed by atoms with Crippen LogP contribution in [0.1, 0.15) is 32.1 Å². The highest BCUT2D eigenvalue weighted by molar-refractivity contribution is 7.11. The number of aryl methyl sites for hydroxylation is 4. The van der Waals surface area contributed by atoms with Gasteiger partial charge in [0, 0.05) is 24.2 Å². The summed E-state index contributed by atoms with van der Waals surface area (Å²) in [6.07, 6.45) is 1.93. The Kier molecular flexibility index (Phi) is 4.15. The molecule has 0 saturated heterocycles. The van der Waals surface area contributed by atoms with Gasteiger partial charge in [0.25, 0.3) is 0 Å². The van der Waals surface area contributed by atoms with E-state index in [0.29, 0.717) is 0 Å². The minimum atomic E-state index is 0.852. The van der Waals surface area contributed by atoms with Crippen LogP contribution in [0.2, 0.25) is 0 Å². The first-order chi connectivity index (χ1) is 8.56. The lowest BCUT2D eigenvalue weighted by Crippen LogP contribution is -2.14. The van der Waals surface area contributed by atoms with Crippen molar-refractivity contribution in [1.29, 1.82) is 0 Å². The van der Waals surface area contributed by atoms with Crippen LogP contribution in [-0.4, -0.2) is 4.98 Å². The van der Waals surface area contributed by atoms with Gasteiger partial charge in [0.2, 0.25) is 0 Å². The first-order valence-electron chi connectivity index (χ1n) is 6.25. The topological polar surface area (TPSA) is 24.9 Å². The lowest BCUT2D eigenvalue weighted by molar-refractivity contribution is 0.684. The number of nitrogens with one attached hydrogen (secondary N) is 1. The molecule has 0 bridgehead atoms. The Hall–Kier alpha value is -1.19. The molecular weight excluding hydrogens is 240 g/mol. The molecule has 18 heavy (non-hydrogen) atoms. The molecule has 0 aliphatic carbocycles. The van der Waals surface area contributed by atoms with Gasteiger partial charge in [0.15, 0.2) is 0 Å². The van der Waals surface area contributed by atoms with Gasteiger partial charge in [-0.05, 0) is 44.4 Å². The van der Waals surface area contributed by atoms with Gasteiger partial charge in [0.1, 0.15) is 5.01 Å². The number of rotatable bonds is 4. The Balaban J connectivity index is 1.98. The average molecular weight is 260 g/mol. The van der Waals surface area contributed by atoms with Crippen molar-refractivity contribution in [2.45, 2.75) is 40.8 Å². The van der Waals surface area contributed by atoms with Gasteiger partial charge in [-0.25, -0.2) is 4.98 Å². The third-order valence-electron chi connectivity index (χ3n) is 3.09. The summed E-state index contributed by atoms with van der Waals surface area (Å²) in [5.74, 6) is 0. The molecule has 0 saturated carbocycles. The van der Waals surface area contributed by atoms with E-state index in [4.69, 9.17) is 0 Å². The van der Waals surface area contributed by atoms with Crippen molar-refractivity contribution in [2.75, 3.05) is 0 Å². The number of thiazole rings is 1. The predicted molar refractivity (Wildman–Crippen MR) is 78.0 cm³/mol. The summed E-state index contributed by atoms with van der Waals surface area (Å²) in [7, 11) is 0. The zero-order valence-electron chi connectivity index (χ0n) is 11.5. The Morgan fingerprint density at radius 2 is 1.72 bits per heavy atom. The smallest absolute Gasteiger partial charge is 0.107 e. The number of hydrogen-bond acceptors (Lipinski definition) is 3. The SMILES string of the molecule is Cc1cc(C)c(CNCc2ncc(C)s2)c(C)c1. The molecule has 0 unspecified atom stereocenters. The molecule has 2 aromatic rings. The second kappa shape index (κ2) is 5.63. The summed E-state index contributed by atoms with van der Waals surface area (Å²) in [5.41, 5.74) is 5.49. The second-order valence-electron chi connectivity index (χ2n) is 4.85. The summed E-state index contributed by atoms with van der Waals surface area (Å²) in [6.45, 7) is 10.4. The van der Waals surface area contributed by atoms with Gasteiger partial charge < -0.3 is 5.32 Å². The molecule has 3 heteroatoms. The van der Waals surface area contributed by atoms with Gasteiger partial charge >= 0.3 is 0 Å². The maximum atomic E-state index is 4.36. The average Bonchev–Trinajstić information content (AvgIpc) is 2.68. The second-order valence-corrected chi connectivity index (χ2v) is 6.16. The number of benzene rings is 1. The fourth-order valence-corrected chi connectivity index (χ4v) is 3.02. The fourth-order valence-electron chi connectivity index (χ4n) is 2.27. The van der Waals surface area contributed by atoms with Crippen molar-refractivity contribution in [1.82, 2.24) is 10.3 Å². The minimum Gasteiger partial charge on any atom is -0.306 e. The van der Waals surface area contributed by atoms with Crippen LogP contribution in [0.15, 0.2) is 18.3 Å². The van der Waals surface area contributed by atoms with Crippen molar-refractivity contribution in [3.63, 3.8) is 0 Å². The molecule has 0 fully saturated rings. The van der Waals surface area contributed by atoms with E-state index in [1.54, 1.807) is 11.3 Å². The molecule has 96 valence electrons. The van der Waals surface area contributed by atoms with Crippen LogP contribution < -0.4 is 5.32 Å². The van der Waals surface area contributed by atoms with Crippen molar-refractivity contribution < 1.29 is 0 Å². The standard InChI is InChI=1S/C15H20N2S/c1-10-5-11(2)14(12(3)6-10)8-16-9-15-17-7-13(4)18-15/h5-7,16H,8-9H2,1-4H3. The number of nitrogens with zero attached hydrogens (tertiary/aromatic N) is 1. The predicted octanol–water partition coefficient (Wildman–Crippen LogP) is 3.67. The zero-order valence-corrected chi connectivity index (χ0v) is 12.3. The van der Waals surface area contributed by atoms with Crippen LogP contribution in [0.3, 0.4) is 0 Å². The molecular formula is C15H20N2S. The van der Waals surface area contributed by atoms with Gasteiger partial charge in [-0.1, -0.05) is 17.7 Å². The molecule has 2 nitrogen and oxygen atoms in total. The van der Waals surface area contributed by atoms with Crippen LogP contribution >= 0.6 is 11.3 Å². The number of hydrogen-bond donors (Lipinski definition) is 1. The van der Waals surface area contributed by atoms with Crippen LogP contribution in [0.5, 0.6) is 0 Å². The summed E-state index contributed by atoms with van der Waals surface area (Å²) >= 11 is 1.76. The number of aromatic nitrogens is 1. The van der Waals surface area contributed by atoms with E-state index in [2.05, 4.69) is 50.1 Å². The Morgan fingerprint density at radius 1 is 1.06 bits per heavy atom. The first-order valence-corrected chi connectivity index (χ1v) is 7.06. The molecule has 1 aromatic heterocycles. The molecule has 0 aliphatic heterocycles. The zero-order chi connectivity index (χ0) is 13.1. The normalized spacial score (nSPS) is 10.9. The summed E-state index contributed by atoms with van der Waals surface area (Å²) in [6, 6.07) is 4.50. The van der Waals surface area contributed by atoms with E-state index >= 15 is 0 Å². The molecule has 0 spiro atoms.